The summed E-state index contributed by atoms with van der Waals surface area (Å²) in [7, 11) is 0. The van der Waals surface area contributed by atoms with E-state index in [4.69, 9.17) is 32.7 Å². The normalized spacial score (nSPS) is 10.7. The van der Waals surface area contributed by atoms with Crippen LogP contribution in [-0.2, 0) is 17.8 Å². The van der Waals surface area contributed by atoms with Crippen LogP contribution in [0.15, 0.2) is 16.5 Å². The van der Waals surface area contributed by atoms with Crippen LogP contribution in [0.25, 0.3) is 0 Å². The van der Waals surface area contributed by atoms with Crippen LogP contribution < -0.4 is 5.32 Å². The molecule has 0 spiro atoms. The van der Waals surface area contributed by atoms with E-state index in [1.807, 2.05) is 6.07 Å². The summed E-state index contributed by atoms with van der Waals surface area (Å²) in [5, 5.41) is 11.6. The first-order valence-corrected chi connectivity index (χ1v) is 8.47. The highest BCUT2D eigenvalue weighted by atomic mass is 35.5. The molecule has 2 aromatic heterocycles. The van der Waals surface area contributed by atoms with Gasteiger partial charge in [0.1, 0.15) is 17.1 Å². The molecular weight excluding hydrogens is 361 g/mol. The molecular formula is C15H15Cl2NO4S. The van der Waals surface area contributed by atoms with Gasteiger partial charge in [-0.05, 0) is 37.5 Å². The summed E-state index contributed by atoms with van der Waals surface area (Å²) in [4.78, 5) is 22.7. The molecule has 2 N–H and O–H groups in total. The predicted octanol–water partition coefficient (Wildman–Crippen LogP) is 4.29. The van der Waals surface area contributed by atoms with Crippen molar-refractivity contribution in [3.63, 3.8) is 0 Å². The maximum atomic E-state index is 11.8. The molecule has 2 aromatic rings. The van der Waals surface area contributed by atoms with Crippen molar-refractivity contribution in [2.24, 2.45) is 0 Å². The molecule has 0 aliphatic rings. The maximum absolute atomic E-state index is 11.8. The van der Waals surface area contributed by atoms with Gasteiger partial charge in [-0.3, -0.25) is 4.79 Å². The highest BCUT2D eigenvalue weighted by Crippen LogP contribution is 2.32. The fourth-order valence-corrected chi connectivity index (χ4v) is 3.65. The van der Waals surface area contributed by atoms with Crippen molar-refractivity contribution in [1.82, 2.24) is 5.32 Å². The molecule has 124 valence electrons. The summed E-state index contributed by atoms with van der Waals surface area (Å²) in [5.41, 5.74) is 1.06. The second-order valence-corrected chi connectivity index (χ2v) is 7.25. The summed E-state index contributed by atoms with van der Waals surface area (Å²) in [6.07, 6.45) is 1.67. The molecule has 8 heteroatoms. The molecule has 0 saturated carbocycles. The van der Waals surface area contributed by atoms with Crippen molar-refractivity contribution >= 4 is 46.4 Å². The van der Waals surface area contributed by atoms with Crippen LogP contribution in [-0.4, -0.2) is 17.0 Å². The van der Waals surface area contributed by atoms with E-state index in [1.165, 1.54) is 17.4 Å². The van der Waals surface area contributed by atoms with Gasteiger partial charge in [-0.15, -0.1) is 11.3 Å². The monoisotopic (exact) mass is 375 g/mol. The molecule has 0 bridgehead atoms. The van der Waals surface area contributed by atoms with Crippen molar-refractivity contribution in [3.05, 3.63) is 43.5 Å². The molecule has 0 saturated heterocycles. The van der Waals surface area contributed by atoms with Crippen molar-refractivity contribution in [2.75, 3.05) is 0 Å². The van der Waals surface area contributed by atoms with Crippen molar-refractivity contribution in [2.45, 2.75) is 32.7 Å². The molecule has 2 heterocycles. The Morgan fingerprint density at radius 1 is 1.35 bits per heavy atom. The lowest BCUT2D eigenvalue weighted by Gasteiger charge is -2.03. The minimum absolute atomic E-state index is 0.109. The van der Waals surface area contributed by atoms with E-state index in [1.54, 1.807) is 6.92 Å². The number of furan rings is 1. The number of nitrogens with one attached hydrogen (secondary N) is 1. The summed E-state index contributed by atoms with van der Waals surface area (Å²) < 4.78 is 6.58. The number of aryl methyl sites for hydroxylation is 2. The Morgan fingerprint density at radius 3 is 2.65 bits per heavy atom. The van der Waals surface area contributed by atoms with E-state index >= 15 is 0 Å². The average Bonchev–Trinajstić information content (AvgIpc) is 2.99. The maximum Gasteiger partial charge on any atom is 0.339 e. The zero-order valence-corrected chi connectivity index (χ0v) is 14.6. The Morgan fingerprint density at radius 2 is 2.09 bits per heavy atom. The number of rotatable bonds is 7. The average molecular weight is 376 g/mol. The van der Waals surface area contributed by atoms with Gasteiger partial charge in [0.25, 0.3) is 0 Å². The zero-order chi connectivity index (χ0) is 17.0. The number of hydrogen-bond acceptors (Lipinski definition) is 4. The van der Waals surface area contributed by atoms with Gasteiger partial charge in [0.15, 0.2) is 0 Å². The van der Waals surface area contributed by atoms with E-state index in [0.717, 1.165) is 5.56 Å². The van der Waals surface area contributed by atoms with Gasteiger partial charge in [-0.2, -0.15) is 0 Å². The fraction of sp³-hybridized carbons (Fsp3) is 0.333. The van der Waals surface area contributed by atoms with Crippen LogP contribution in [0, 0.1) is 6.92 Å². The van der Waals surface area contributed by atoms with Crippen LogP contribution in [0.4, 0.5) is 0 Å². The number of aromatic carboxylic acids is 1. The molecule has 23 heavy (non-hydrogen) atoms. The second-order valence-electron chi connectivity index (χ2n) is 4.97. The molecule has 0 aromatic carbocycles. The lowest BCUT2D eigenvalue weighted by Crippen LogP contribution is -2.22. The molecule has 5 nitrogen and oxygen atoms in total. The first kappa shape index (κ1) is 17.8. The minimum Gasteiger partial charge on any atom is -0.478 e. The molecule has 0 aliphatic heterocycles. The first-order valence-electron chi connectivity index (χ1n) is 6.90. The number of halogens is 2. The van der Waals surface area contributed by atoms with Gasteiger partial charge >= 0.3 is 5.97 Å². The van der Waals surface area contributed by atoms with Gasteiger partial charge in [0.05, 0.1) is 15.2 Å². The van der Waals surface area contributed by atoms with E-state index in [9.17, 15) is 9.59 Å². The van der Waals surface area contributed by atoms with Crippen LogP contribution in [0.5, 0.6) is 0 Å². The summed E-state index contributed by atoms with van der Waals surface area (Å²) in [6, 6.07) is 3.23. The number of thiophene rings is 1. The Kier molecular flexibility index (Phi) is 6.10. The molecule has 1 amide bonds. The van der Waals surface area contributed by atoms with Gasteiger partial charge in [-0.1, -0.05) is 23.2 Å². The minimum atomic E-state index is -1.05. The lowest BCUT2D eigenvalue weighted by molar-refractivity contribution is -0.121. The zero-order valence-electron chi connectivity index (χ0n) is 12.3. The van der Waals surface area contributed by atoms with Crippen LogP contribution in [0.1, 0.15) is 40.3 Å². The first-order chi connectivity index (χ1) is 10.9. The van der Waals surface area contributed by atoms with Gasteiger partial charge in [-0.25, -0.2) is 4.79 Å². The Hall–Kier alpha value is -1.50. The molecule has 0 aliphatic carbocycles. The third-order valence-corrected chi connectivity index (χ3v) is 4.81. The van der Waals surface area contributed by atoms with Crippen molar-refractivity contribution in [1.29, 1.82) is 0 Å². The highest BCUT2D eigenvalue weighted by molar-refractivity contribution is 7.20. The lowest BCUT2D eigenvalue weighted by atomic mass is 10.1. The number of carboxylic acids is 1. The number of hydrogen-bond donors (Lipinski definition) is 2. The number of carbonyl (C=O) groups is 2. The Bertz CT molecular complexity index is 723. The molecule has 0 radical (unpaired) electrons. The van der Waals surface area contributed by atoms with Crippen LogP contribution >= 0.6 is 34.5 Å². The van der Waals surface area contributed by atoms with Gasteiger partial charge < -0.3 is 14.8 Å². The van der Waals surface area contributed by atoms with Crippen molar-refractivity contribution in [3.8, 4) is 0 Å². The number of carbonyl (C=O) groups excluding carboxylic acids is 1. The molecule has 0 fully saturated rings. The Balaban J connectivity index is 1.76. The Labute approximate surface area is 147 Å². The van der Waals surface area contributed by atoms with E-state index < -0.39 is 5.97 Å². The third-order valence-electron chi connectivity index (χ3n) is 3.24. The SMILES string of the molecule is Cc1oc(CNC(=O)CCCc2cc(Cl)sc2Cl)cc1C(=O)O. The van der Waals surface area contributed by atoms with Crippen LogP contribution in [0.2, 0.25) is 8.67 Å². The number of carboxylic acid groups (broad SMARTS) is 1. The molecule has 2 rings (SSSR count). The second kappa shape index (κ2) is 7.86. The number of amides is 1. The summed E-state index contributed by atoms with van der Waals surface area (Å²) >= 11 is 13.2. The van der Waals surface area contributed by atoms with E-state index in [2.05, 4.69) is 5.32 Å². The van der Waals surface area contributed by atoms with E-state index in [0.29, 0.717) is 39.5 Å². The third kappa shape index (κ3) is 4.99. The fourth-order valence-electron chi connectivity index (χ4n) is 2.10. The molecule has 0 atom stereocenters. The van der Waals surface area contributed by atoms with Gasteiger partial charge in [0, 0.05) is 6.42 Å². The quantitative estimate of drug-likeness (QED) is 0.755. The summed E-state index contributed by atoms with van der Waals surface area (Å²) in [5.74, 6) is -0.435. The van der Waals surface area contributed by atoms with Crippen molar-refractivity contribution < 1.29 is 19.1 Å². The predicted molar refractivity (Wildman–Crippen MR) is 89.5 cm³/mol. The summed E-state index contributed by atoms with van der Waals surface area (Å²) in [6.45, 7) is 1.74. The van der Waals surface area contributed by atoms with Crippen LogP contribution in [0.3, 0.4) is 0 Å². The largest absolute Gasteiger partial charge is 0.478 e. The highest BCUT2D eigenvalue weighted by Gasteiger charge is 2.14. The standard InChI is InChI=1S/C15H15Cl2NO4S/c1-8-11(15(20)21)6-10(22-8)7-18-13(19)4-2-3-9-5-12(16)23-14(9)17/h5-6H,2-4,7H2,1H3,(H,18,19)(H,20,21). The topological polar surface area (TPSA) is 79.5 Å². The van der Waals surface area contributed by atoms with E-state index in [-0.39, 0.29) is 18.0 Å². The smallest absolute Gasteiger partial charge is 0.339 e. The molecule has 0 unspecified atom stereocenters. The van der Waals surface area contributed by atoms with Gasteiger partial charge in [0.2, 0.25) is 5.91 Å².